The standard InChI is InChI=1S/C18H20N2O2/c1-12(2)17(21)19-15-10-9-13(3)16(11-15)20-18(22)14-7-5-4-6-8-14/h4-12H,1-3H3,(H,19,21)(H,20,22). The summed E-state index contributed by atoms with van der Waals surface area (Å²) in [7, 11) is 0. The molecule has 4 nitrogen and oxygen atoms in total. The first kappa shape index (κ1) is 15.8. The zero-order valence-corrected chi connectivity index (χ0v) is 13.0. The lowest BCUT2D eigenvalue weighted by Gasteiger charge is -2.12. The highest BCUT2D eigenvalue weighted by atomic mass is 16.2. The number of rotatable bonds is 4. The number of hydrogen-bond donors (Lipinski definition) is 2. The molecule has 2 aromatic carbocycles. The SMILES string of the molecule is Cc1ccc(NC(=O)C(C)C)cc1NC(=O)c1ccccc1. The number of carbonyl (C=O) groups excluding carboxylic acids is 2. The lowest BCUT2D eigenvalue weighted by atomic mass is 10.1. The van der Waals surface area contributed by atoms with E-state index in [1.54, 1.807) is 18.2 Å². The van der Waals surface area contributed by atoms with E-state index < -0.39 is 0 Å². The smallest absolute Gasteiger partial charge is 0.255 e. The number of benzene rings is 2. The van der Waals surface area contributed by atoms with Crippen molar-refractivity contribution in [3.8, 4) is 0 Å². The Morgan fingerprint density at radius 2 is 1.64 bits per heavy atom. The second-order valence-corrected chi connectivity index (χ2v) is 5.49. The molecule has 0 aliphatic heterocycles. The van der Waals surface area contributed by atoms with Gasteiger partial charge >= 0.3 is 0 Å². The molecule has 2 rings (SSSR count). The Kier molecular flexibility index (Phi) is 4.94. The quantitative estimate of drug-likeness (QED) is 0.900. The summed E-state index contributed by atoms with van der Waals surface area (Å²) in [4.78, 5) is 24.0. The highest BCUT2D eigenvalue weighted by Crippen LogP contribution is 2.21. The summed E-state index contributed by atoms with van der Waals surface area (Å²) >= 11 is 0. The van der Waals surface area contributed by atoms with E-state index in [0.717, 1.165) is 5.56 Å². The number of hydrogen-bond acceptors (Lipinski definition) is 2. The molecule has 0 bridgehead atoms. The minimum absolute atomic E-state index is 0.0517. The molecule has 0 aliphatic rings. The van der Waals surface area contributed by atoms with Crippen molar-refractivity contribution in [2.45, 2.75) is 20.8 Å². The van der Waals surface area contributed by atoms with Crippen LogP contribution in [-0.4, -0.2) is 11.8 Å². The van der Waals surface area contributed by atoms with Gasteiger partial charge in [0.15, 0.2) is 0 Å². The Morgan fingerprint density at radius 3 is 2.27 bits per heavy atom. The van der Waals surface area contributed by atoms with Crippen molar-refractivity contribution >= 4 is 23.2 Å². The monoisotopic (exact) mass is 296 g/mol. The van der Waals surface area contributed by atoms with Crippen molar-refractivity contribution in [1.82, 2.24) is 0 Å². The molecule has 0 saturated carbocycles. The van der Waals surface area contributed by atoms with Gasteiger partial charge in [-0.1, -0.05) is 38.1 Å². The van der Waals surface area contributed by atoms with Crippen molar-refractivity contribution in [1.29, 1.82) is 0 Å². The van der Waals surface area contributed by atoms with E-state index in [0.29, 0.717) is 16.9 Å². The van der Waals surface area contributed by atoms with Crippen LogP contribution in [0.1, 0.15) is 29.8 Å². The Hall–Kier alpha value is -2.62. The van der Waals surface area contributed by atoms with Crippen molar-refractivity contribution < 1.29 is 9.59 Å². The van der Waals surface area contributed by atoms with Crippen molar-refractivity contribution in [3.05, 3.63) is 59.7 Å². The molecular weight excluding hydrogens is 276 g/mol. The zero-order valence-electron chi connectivity index (χ0n) is 13.0. The van der Waals surface area contributed by atoms with Crippen molar-refractivity contribution in [3.63, 3.8) is 0 Å². The third-order valence-electron chi connectivity index (χ3n) is 3.31. The van der Waals surface area contributed by atoms with Crippen LogP contribution in [0, 0.1) is 12.8 Å². The summed E-state index contributed by atoms with van der Waals surface area (Å²) in [5, 5.41) is 5.71. The van der Waals surface area contributed by atoms with Gasteiger partial charge in [-0.25, -0.2) is 0 Å². The van der Waals surface area contributed by atoms with Crippen LogP contribution in [0.2, 0.25) is 0 Å². The lowest BCUT2D eigenvalue weighted by molar-refractivity contribution is -0.118. The molecule has 4 heteroatoms. The van der Waals surface area contributed by atoms with E-state index in [1.807, 2.05) is 51.1 Å². The summed E-state index contributed by atoms with van der Waals surface area (Å²) in [5.41, 5.74) is 2.90. The summed E-state index contributed by atoms with van der Waals surface area (Å²) < 4.78 is 0. The zero-order chi connectivity index (χ0) is 16.1. The van der Waals surface area contributed by atoms with E-state index in [1.165, 1.54) is 0 Å². The van der Waals surface area contributed by atoms with Gasteiger partial charge < -0.3 is 10.6 Å². The topological polar surface area (TPSA) is 58.2 Å². The minimum Gasteiger partial charge on any atom is -0.326 e. The molecule has 2 amide bonds. The fraction of sp³-hybridized carbons (Fsp3) is 0.222. The molecule has 0 saturated heterocycles. The summed E-state index contributed by atoms with van der Waals surface area (Å²) in [6, 6.07) is 14.5. The Bertz CT molecular complexity index is 679. The van der Waals surface area contributed by atoms with E-state index in [4.69, 9.17) is 0 Å². The van der Waals surface area contributed by atoms with Crippen LogP contribution in [0.5, 0.6) is 0 Å². The predicted octanol–water partition coefficient (Wildman–Crippen LogP) is 3.84. The fourth-order valence-electron chi connectivity index (χ4n) is 1.91. The highest BCUT2D eigenvalue weighted by molar-refractivity contribution is 6.05. The number of aryl methyl sites for hydroxylation is 1. The maximum absolute atomic E-state index is 12.2. The van der Waals surface area contributed by atoms with Gasteiger partial charge in [0.25, 0.3) is 5.91 Å². The van der Waals surface area contributed by atoms with Gasteiger partial charge in [0.2, 0.25) is 5.91 Å². The molecule has 114 valence electrons. The van der Waals surface area contributed by atoms with Crippen LogP contribution in [0.15, 0.2) is 48.5 Å². The predicted molar refractivity (Wildman–Crippen MR) is 89.0 cm³/mol. The molecule has 0 atom stereocenters. The molecule has 0 fully saturated rings. The van der Waals surface area contributed by atoms with E-state index in [2.05, 4.69) is 10.6 Å². The Balaban J connectivity index is 2.17. The number of carbonyl (C=O) groups is 2. The molecule has 0 aromatic heterocycles. The second-order valence-electron chi connectivity index (χ2n) is 5.49. The van der Waals surface area contributed by atoms with Gasteiger partial charge in [0, 0.05) is 22.9 Å². The number of nitrogens with one attached hydrogen (secondary N) is 2. The van der Waals surface area contributed by atoms with Crippen LogP contribution in [0.25, 0.3) is 0 Å². The molecule has 0 heterocycles. The third-order valence-corrected chi connectivity index (χ3v) is 3.31. The normalized spacial score (nSPS) is 10.4. The van der Waals surface area contributed by atoms with Crippen LogP contribution in [0.4, 0.5) is 11.4 Å². The molecule has 2 N–H and O–H groups in total. The van der Waals surface area contributed by atoms with Gasteiger partial charge in [0.05, 0.1) is 0 Å². The third kappa shape index (κ3) is 3.95. The van der Waals surface area contributed by atoms with E-state index >= 15 is 0 Å². The molecule has 2 aromatic rings. The average Bonchev–Trinajstić information content (AvgIpc) is 2.51. The van der Waals surface area contributed by atoms with Gasteiger partial charge in [-0.3, -0.25) is 9.59 Å². The average molecular weight is 296 g/mol. The minimum atomic E-state index is -0.170. The van der Waals surface area contributed by atoms with Gasteiger partial charge in [-0.15, -0.1) is 0 Å². The molecule has 22 heavy (non-hydrogen) atoms. The summed E-state index contributed by atoms with van der Waals surface area (Å²) in [6.45, 7) is 5.58. The second kappa shape index (κ2) is 6.89. The van der Waals surface area contributed by atoms with Crippen LogP contribution in [-0.2, 0) is 4.79 Å². The number of anilines is 2. The van der Waals surface area contributed by atoms with Crippen LogP contribution >= 0.6 is 0 Å². The molecule has 0 aliphatic carbocycles. The summed E-state index contributed by atoms with van der Waals surface area (Å²) in [6.07, 6.45) is 0. The van der Waals surface area contributed by atoms with Gasteiger partial charge in [0.1, 0.15) is 0 Å². The van der Waals surface area contributed by atoms with Crippen LogP contribution < -0.4 is 10.6 Å². The molecule has 0 unspecified atom stereocenters. The maximum atomic E-state index is 12.2. The Morgan fingerprint density at radius 1 is 0.955 bits per heavy atom. The Labute approximate surface area is 130 Å². The van der Waals surface area contributed by atoms with Gasteiger partial charge in [-0.2, -0.15) is 0 Å². The molecular formula is C18H20N2O2. The van der Waals surface area contributed by atoms with Crippen molar-refractivity contribution in [2.75, 3.05) is 10.6 Å². The first-order chi connectivity index (χ1) is 10.5. The van der Waals surface area contributed by atoms with E-state index in [9.17, 15) is 9.59 Å². The van der Waals surface area contributed by atoms with E-state index in [-0.39, 0.29) is 17.7 Å². The van der Waals surface area contributed by atoms with Crippen LogP contribution in [0.3, 0.4) is 0 Å². The molecule has 0 radical (unpaired) electrons. The largest absolute Gasteiger partial charge is 0.326 e. The van der Waals surface area contributed by atoms with Gasteiger partial charge in [-0.05, 0) is 36.8 Å². The highest BCUT2D eigenvalue weighted by Gasteiger charge is 2.10. The van der Waals surface area contributed by atoms with Crippen molar-refractivity contribution in [2.24, 2.45) is 5.92 Å². The maximum Gasteiger partial charge on any atom is 0.255 e. The number of amides is 2. The summed E-state index contributed by atoms with van der Waals surface area (Å²) in [5.74, 6) is -0.316. The lowest BCUT2D eigenvalue weighted by Crippen LogP contribution is -2.18. The fourth-order valence-corrected chi connectivity index (χ4v) is 1.91. The molecule has 0 spiro atoms. The first-order valence-corrected chi connectivity index (χ1v) is 7.25. The first-order valence-electron chi connectivity index (χ1n) is 7.25.